The molecule has 2 heterocycles. The number of carbonyl (C=O) groups excluding carboxylic acids is 4. The van der Waals surface area contributed by atoms with Gasteiger partial charge in [-0.05, 0) is 31.4 Å². The lowest BCUT2D eigenvalue weighted by Crippen LogP contribution is -2.64. The van der Waals surface area contributed by atoms with Gasteiger partial charge in [-0.3, -0.25) is 19.2 Å². The summed E-state index contributed by atoms with van der Waals surface area (Å²) in [5.41, 5.74) is -1.87. The molecule has 1 fully saturated rings. The number of halogens is 5. The summed E-state index contributed by atoms with van der Waals surface area (Å²) >= 11 is 0. The monoisotopic (exact) mass is 629 g/mol. The van der Waals surface area contributed by atoms with E-state index in [-0.39, 0.29) is 12.3 Å². The van der Waals surface area contributed by atoms with Crippen molar-refractivity contribution in [3.63, 3.8) is 0 Å². The van der Waals surface area contributed by atoms with E-state index in [1.165, 1.54) is 26.1 Å². The molecule has 44 heavy (non-hydrogen) atoms. The highest BCUT2D eigenvalue weighted by Crippen LogP contribution is 2.26. The molecular weight excluding hydrogens is 597 g/mol. The molecule has 0 bridgehead atoms. The van der Waals surface area contributed by atoms with Crippen molar-refractivity contribution in [2.45, 2.75) is 70.8 Å². The third kappa shape index (κ3) is 7.41. The zero-order valence-electron chi connectivity index (χ0n) is 24.1. The van der Waals surface area contributed by atoms with E-state index in [0.29, 0.717) is 0 Å². The van der Waals surface area contributed by atoms with Crippen LogP contribution in [-0.4, -0.2) is 69.1 Å². The van der Waals surface area contributed by atoms with Crippen molar-refractivity contribution in [2.24, 2.45) is 11.8 Å². The number of aromatic hydroxyl groups is 1. The van der Waals surface area contributed by atoms with Crippen LogP contribution in [0.1, 0.15) is 50.2 Å². The first-order valence-corrected chi connectivity index (χ1v) is 13.6. The summed E-state index contributed by atoms with van der Waals surface area (Å²) in [6.45, 7) is 5.98. The van der Waals surface area contributed by atoms with Crippen LogP contribution in [0.25, 0.3) is 0 Å². The van der Waals surface area contributed by atoms with E-state index in [0.717, 1.165) is 6.07 Å². The van der Waals surface area contributed by atoms with Crippen molar-refractivity contribution in [1.82, 2.24) is 26.3 Å². The van der Waals surface area contributed by atoms with Gasteiger partial charge >= 0.3 is 0 Å². The molecule has 1 aromatic carbocycles. The van der Waals surface area contributed by atoms with Gasteiger partial charge in [-0.25, -0.2) is 26.9 Å². The van der Waals surface area contributed by atoms with Crippen LogP contribution in [0.15, 0.2) is 18.3 Å². The summed E-state index contributed by atoms with van der Waals surface area (Å²) in [6, 6.07) is -3.54. The maximum atomic E-state index is 14.6. The molecule has 6 unspecified atom stereocenters. The Balaban J connectivity index is 2.10. The molecule has 11 nitrogen and oxygen atoms in total. The summed E-state index contributed by atoms with van der Waals surface area (Å²) < 4.78 is 70.9. The summed E-state index contributed by atoms with van der Waals surface area (Å²) in [5.74, 6) is -17.4. The summed E-state index contributed by atoms with van der Waals surface area (Å²) in [5, 5.41) is 30.7. The van der Waals surface area contributed by atoms with Gasteiger partial charge < -0.3 is 31.5 Å². The number of benzene rings is 1. The Morgan fingerprint density at radius 2 is 1.52 bits per heavy atom. The number of carbonyl (C=O) groups is 4. The number of aliphatic hydroxyl groups excluding tert-OH is 1. The molecule has 0 saturated carbocycles. The molecule has 0 aliphatic carbocycles. The molecule has 3 rings (SSSR count). The van der Waals surface area contributed by atoms with Gasteiger partial charge in [0.1, 0.15) is 17.8 Å². The summed E-state index contributed by atoms with van der Waals surface area (Å²) in [4.78, 5) is 56.5. The topological polar surface area (TPSA) is 170 Å². The molecular formula is C28H32F5N5O6. The van der Waals surface area contributed by atoms with E-state index in [1.807, 2.05) is 0 Å². The lowest BCUT2D eigenvalue weighted by atomic mass is 9.90. The van der Waals surface area contributed by atoms with Gasteiger partial charge in [0, 0.05) is 18.2 Å². The van der Waals surface area contributed by atoms with Crippen molar-refractivity contribution in [1.29, 1.82) is 0 Å². The van der Waals surface area contributed by atoms with E-state index < -0.39 is 112 Å². The van der Waals surface area contributed by atoms with Crippen molar-refractivity contribution in [3.8, 4) is 5.75 Å². The Morgan fingerprint density at radius 1 is 0.932 bits per heavy atom. The van der Waals surface area contributed by atoms with Crippen molar-refractivity contribution >= 4 is 23.6 Å². The van der Waals surface area contributed by atoms with Gasteiger partial charge in [-0.2, -0.15) is 0 Å². The second-order valence-corrected chi connectivity index (χ2v) is 11.0. The van der Waals surface area contributed by atoms with Crippen LogP contribution in [0, 0.1) is 40.9 Å². The zero-order valence-corrected chi connectivity index (χ0v) is 24.1. The first kappa shape index (κ1) is 34.2. The minimum atomic E-state index is -2.42. The van der Waals surface area contributed by atoms with E-state index in [1.54, 1.807) is 13.8 Å². The number of nitrogens with one attached hydrogen (secondary N) is 4. The van der Waals surface area contributed by atoms with E-state index >= 15 is 0 Å². The van der Waals surface area contributed by atoms with Crippen LogP contribution >= 0.6 is 0 Å². The number of hydrogen-bond donors (Lipinski definition) is 6. The largest absolute Gasteiger partial charge is 0.505 e. The highest BCUT2D eigenvalue weighted by atomic mass is 19.2. The predicted octanol–water partition coefficient (Wildman–Crippen LogP) is 1.35. The Kier molecular flexibility index (Phi) is 10.8. The molecule has 6 N–H and O–H groups in total. The second kappa shape index (κ2) is 14.0. The number of nitrogens with zero attached hydrogens (tertiary/aromatic N) is 1. The lowest BCUT2D eigenvalue weighted by Gasteiger charge is -2.34. The average molecular weight is 630 g/mol. The quantitative estimate of drug-likeness (QED) is 0.159. The van der Waals surface area contributed by atoms with Gasteiger partial charge in [0.15, 0.2) is 29.0 Å². The van der Waals surface area contributed by atoms with Gasteiger partial charge in [0.25, 0.3) is 5.91 Å². The van der Waals surface area contributed by atoms with Crippen LogP contribution in [0.2, 0.25) is 0 Å². The molecule has 1 saturated heterocycles. The third-order valence-electron chi connectivity index (χ3n) is 7.17. The highest BCUT2D eigenvalue weighted by Gasteiger charge is 2.39. The number of aromatic nitrogens is 1. The lowest BCUT2D eigenvalue weighted by molar-refractivity contribution is -0.136. The first-order valence-electron chi connectivity index (χ1n) is 13.6. The summed E-state index contributed by atoms with van der Waals surface area (Å²) in [6.07, 6.45) is -1.89. The van der Waals surface area contributed by atoms with Crippen LogP contribution in [0.3, 0.4) is 0 Å². The molecule has 0 radical (unpaired) electrons. The second-order valence-electron chi connectivity index (χ2n) is 11.0. The minimum absolute atomic E-state index is 0.103. The molecule has 1 aliphatic heterocycles. The van der Waals surface area contributed by atoms with Crippen molar-refractivity contribution < 1.29 is 51.3 Å². The van der Waals surface area contributed by atoms with E-state index in [2.05, 4.69) is 26.3 Å². The predicted molar refractivity (Wildman–Crippen MR) is 143 cm³/mol. The Hall–Kier alpha value is -4.34. The fourth-order valence-electron chi connectivity index (χ4n) is 4.70. The standard InChI is InChI=1S/C28H32F5N5O6/c1-10(2)8-15-26(42)35-12(4)22(38-28(44)23-16(39)6-5-7-34-23)27(43)36-14(24(40)11(3)25(41)37-15)9-13-17(29)19(31)21(33)20(32)18(13)30/h5-7,10-12,14-15,22,24,39-40H,8-9H2,1-4H3,(H,35,42)(H,36,43)(H,37,41)(H,38,44). The minimum Gasteiger partial charge on any atom is -0.505 e. The summed E-state index contributed by atoms with van der Waals surface area (Å²) in [7, 11) is 0. The van der Waals surface area contributed by atoms with E-state index in [9.17, 15) is 51.3 Å². The molecule has 6 atom stereocenters. The molecule has 2 aromatic rings. The number of amides is 4. The van der Waals surface area contributed by atoms with Crippen LogP contribution in [0.5, 0.6) is 5.75 Å². The van der Waals surface area contributed by atoms with Crippen LogP contribution in [0.4, 0.5) is 22.0 Å². The first-order chi connectivity index (χ1) is 20.5. The Bertz CT molecular complexity index is 1410. The normalized spacial score (nSPS) is 24.9. The van der Waals surface area contributed by atoms with Crippen LogP contribution < -0.4 is 21.3 Å². The molecule has 0 spiro atoms. The van der Waals surface area contributed by atoms with Crippen molar-refractivity contribution in [3.05, 3.63) is 58.7 Å². The fourth-order valence-corrected chi connectivity index (χ4v) is 4.70. The number of hydrogen-bond acceptors (Lipinski definition) is 7. The van der Waals surface area contributed by atoms with Gasteiger partial charge in [0.05, 0.1) is 24.1 Å². The van der Waals surface area contributed by atoms with Crippen molar-refractivity contribution in [2.75, 3.05) is 0 Å². The van der Waals surface area contributed by atoms with Crippen LogP contribution in [-0.2, 0) is 20.8 Å². The maximum absolute atomic E-state index is 14.6. The molecule has 1 aliphatic rings. The Morgan fingerprint density at radius 3 is 2.09 bits per heavy atom. The fraction of sp³-hybridized carbons (Fsp3) is 0.464. The molecule has 1 aromatic heterocycles. The van der Waals surface area contributed by atoms with E-state index in [4.69, 9.17) is 0 Å². The Labute approximate surface area is 248 Å². The van der Waals surface area contributed by atoms with Gasteiger partial charge in [0.2, 0.25) is 23.5 Å². The molecule has 16 heteroatoms. The third-order valence-corrected chi connectivity index (χ3v) is 7.17. The average Bonchev–Trinajstić information content (AvgIpc) is 2.97. The maximum Gasteiger partial charge on any atom is 0.274 e. The smallest absolute Gasteiger partial charge is 0.274 e. The number of rotatable bonds is 6. The number of aliphatic hydroxyl groups is 1. The SMILES string of the molecule is CC(C)CC1NC(=O)C(C)C(O)C(Cc2c(F)c(F)c(F)c(F)c2F)NC(=O)C(NC(=O)c2ncccc2O)C(C)NC1=O. The molecule has 240 valence electrons. The molecule has 4 amide bonds. The van der Waals surface area contributed by atoms with Gasteiger partial charge in [-0.1, -0.05) is 20.8 Å². The number of pyridine rings is 1. The highest BCUT2D eigenvalue weighted by molar-refractivity contribution is 5.98. The zero-order chi connectivity index (χ0) is 33.0. The van der Waals surface area contributed by atoms with Gasteiger partial charge in [-0.15, -0.1) is 0 Å².